The Morgan fingerprint density at radius 1 is 1.36 bits per heavy atom. The third-order valence-electron chi connectivity index (χ3n) is 4.39. The minimum atomic E-state index is -0.471. The molecule has 2 aromatic rings. The fourth-order valence-corrected chi connectivity index (χ4v) is 3.86. The first-order valence-electron chi connectivity index (χ1n) is 8.55. The normalized spacial score (nSPS) is 19.0. The first-order valence-corrected chi connectivity index (χ1v) is 9.34. The van der Waals surface area contributed by atoms with Crippen LogP contribution in [0.15, 0.2) is 47.5 Å². The number of nitrogens with zero attached hydrogens (tertiary/aromatic N) is 3. The lowest BCUT2D eigenvalue weighted by molar-refractivity contribution is 0.0285. The molecule has 134 valence electrons. The lowest BCUT2D eigenvalue weighted by Gasteiger charge is -2.28. The summed E-state index contributed by atoms with van der Waals surface area (Å²) >= 11 is 3.67. The van der Waals surface area contributed by atoms with E-state index in [1.807, 2.05) is 50.3 Å². The third kappa shape index (κ3) is 4.24. The molecule has 1 aromatic carbocycles. The second-order valence-electron chi connectivity index (χ2n) is 7.45. The largest absolute Gasteiger partial charge is 0.444 e. The summed E-state index contributed by atoms with van der Waals surface area (Å²) < 4.78 is 8.73. The summed E-state index contributed by atoms with van der Waals surface area (Å²) in [6.45, 7) is 7.09. The fourth-order valence-electron chi connectivity index (χ4n) is 3.34. The van der Waals surface area contributed by atoms with Crippen LogP contribution in [0.2, 0.25) is 0 Å². The maximum absolute atomic E-state index is 12.4. The number of aromatic nitrogens is 2. The topological polar surface area (TPSA) is 47.4 Å². The van der Waals surface area contributed by atoms with E-state index in [1.165, 1.54) is 5.56 Å². The SMILES string of the molecule is CC(C)(C)OC(=O)N1CCC(C(c2ccccc2Br)n2ccnc2)C1. The third-order valence-corrected chi connectivity index (χ3v) is 5.12. The second-order valence-corrected chi connectivity index (χ2v) is 8.31. The minimum Gasteiger partial charge on any atom is -0.444 e. The van der Waals surface area contributed by atoms with E-state index in [0.29, 0.717) is 12.5 Å². The molecule has 2 atom stereocenters. The molecule has 2 unspecified atom stereocenters. The van der Waals surface area contributed by atoms with Crippen molar-refractivity contribution in [3.05, 3.63) is 53.0 Å². The smallest absolute Gasteiger partial charge is 0.410 e. The highest BCUT2D eigenvalue weighted by Crippen LogP contribution is 2.37. The van der Waals surface area contributed by atoms with E-state index in [9.17, 15) is 4.79 Å². The molecule has 1 aliphatic rings. The number of carbonyl (C=O) groups is 1. The Balaban J connectivity index is 1.82. The van der Waals surface area contributed by atoms with E-state index >= 15 is 0 Å². The van der Waals surface area contributed by atoms with Crippen molar-refractivity contribution in [2.45, 2.75) is 38.8 Å². The minimum absolute atomic E-state index is 0.130. The summed E-state index contributed by atoms with van der Waals surface area (Å²) in [6.07, 6.45) is 6.33. The molecule has 0 saturated carbocycles. The molecular weight excluding hydrogens is 382 g/mol. The van der Waals surface area contributed by atoms with Gasteiger partial charge in [-0.1, -0.05) is 34.1 Å². The van der Waals surface area contributed by atoms with Crippen molar-refractivity contribution in [1.82, 2.24) is 14.5 Å². The highest BCUT2D eigenvalue weighted by atomic mass is 79.9. The Labute approximate surface area is 157 Å². The molecule has 1 aliphatic heterocycles. The molecule has 25 heavy (non-hydrogen) atoms. The van der Waals surface area contributed by atoms with E-state index in [0.717, 1.165) is 17.4 Å². The van der Waals surface area contributed by atoms with Gasteiger partial charge in [-0.3, -0.25) is 0 Å². The van der Waals surface area contributed by atoms with Crippen LogP contribution >= 0.6 is 15.9 Å². The Kier molecular flexibility index (Phi) is 5.18. The number of hydrogen-bond donors (Lipinski definition) is 0. The average Bonchev–Trinajstić information content (AvgIpc) is 3.20. The highest BCUT2D eigenvalue weighted by molar-refractivity contribution is 9.10. The van der Waals surface area contributed by atoms with Crippen LogP contribution in [0.5, 0.6) is 0 Å². The van der Waals surface area contributed by atoms with Crippen LogP contribution in [0.3, 0.4) is 0 Å². The molecule has 6 heteroatoms. The maximum Gasteiger partial charge on any atom is 0.410 e. The number of hydrogen-bond acceptors (Lipinski definition) is 3. The van der Waals surface area contributed by atoms with Gasteiger partial charge in [-0.05, 0) is 38.8 Å². The summed E-state index contributed by atoms with van der Waals surface area (Å²) in [7, 11) is 0. The summed E-state index contributed by atoms with van der Waals surface area (Å²) in [4.78, 5) is 18.4. The van der Waals surface area contributed by atoms with Gasteiger partial charge in [0.1, 0.15) is 5.60 Å². The van der Waals surface area contributed by atoms with Crippen molar-refractivity contribution in [2.24, 2.45) is 5.92 Å². The summed E-state index contributed by atoms with van der Waals surface area (Å²) in [6, 6.07) is 8.38. The monoisotopic (exact) mass is 405 g/mol. The zero-order valence-corrected chi connectivity index (χ0v) is 16.4. The highest BCUT2D eigenvalue weighted by Gasteiger charge is 2.36. The van der Waals surface area contributed by atoms with E-state index in [2.05, 4.69) is 37.6 Å². The maximum atomic E-state index is 12.4. The average molecular weight is 406 g/mol. The van der Waals surface area contributed by atoms with Crippen molar-refractivity contribution in [2.75, 3.05) is 13.1 Å². The molecule has 0 spiro atoms. The molecule has 1 aromatic heterocycles. The van der Waals surface area contributed by atoms with Crippen LogP contribution in [0.1, 0.15) is 38.8 Å². The molecule has 1 fully saturated rings. The number of halogens is 1. The number of likely N-dealkylation sites (tertiary alicyclic amines) is 1. The zero-order chi connectivity index (χ0) is 18.0. The van der Waals surface area contributed by atoms with Crippen molar-refractivity contribution in [1.29, 1.82) is 0 Å². The van der Waals surface area contributed by atoms with Gasteiger partial charge in [0.15, 0.2) is 0 Å². The van der Waals surface area contributed by atoms with Gasteiger partial charge in [-0.2, -0.15) is 0 Å². The van der Waals surface area contributed by atoms with E-state index in [4.69, 9.17) is 4.74 Å². The van der Waals surface area contributed by atoms with Crippen LogP contribution in [-0.4, -0.2) is 39.2 Å². The molecule has 0 bridgehead atoms. The van der Waals surface area contributed by atoms with Gasteiger partial charge in [0.25, 0.3) is 0 Å². The van der Waals surface area contributed by atoms with E-state index in [-0.39, 0.29) is 12.1 Å². The van der Waals surface area contributed by atoms with Crippen molar-refractivity contribution < 1.29 is 9.53 Å². The van der Waals surface area contributed by atoms with Gasteiger partial charge >= 0.3 is 6.09 Å². The van der Waals surface area contributed by atoms with Gasteiger partial charge in [-0.25, -0.2) is 9.78 Å². The van der Waals surface area contributed by atoms with Crippen LogP contribution in [0, 0.1) is 5.92 Å². The quantitative estimate of drug-likeness (QED) is 0.755. The Morgan fingerprint density at radius 2 is 2.12 bits per heavy atom. The molecule has 3 rings (SSSR count). The van der Waals surface area contributed by atoms with E-state index in [1.54, 1.807) is 6.20 Å². The number of rotatable bonds is 3. The standard InChI is InChI=1S/C19H24BrN3O2/c1-19(2,3)25-18(24)22-10-8-14(12-22)17(23-11-9-21-13-23)15-6-4-5-7-16(15)20/h4-7,9,11,13-14,17H,8,10,12H2,1-3H3. The number of amides is 1. The zero-order valence-electron chi connectivity index (χ0n) is 14.9. The predicted molar refractivity (Wildman–Crippen MR) is 100 cm³/mol. The molecular formula is C19H24BrN3O2. The fraction of sp³-hybridized carbons (Fsp3) is 0.474. The van der Waals surface area contributed by atoms with Crippen molar-refractivity contribution >= 4 is 22.0 Å². The predicted octanol–water partition coefficient (Wildman–Crippen LogP) is 4.49. The van der Waals surface area contributed by atoms with Gasteiger partial charge in [0, 0.05) is 35.9 Å². The Morgan fingerprint density at radius 3 is 2.76 bits per heavy atom. The molecule has 5 nitrogen and oxygen atoms in total. The first-order chi connectivity index (χ1) is 11.8. The first kappa shape index (κ1) is 18.0. The Hall–Kier alpha value is -1.82. The van der Waals surface area contributed by atoms with Gasteiger partial charge < -0.3 is 14.2 Å². The lowest BCUT2D eigenvalue weighted by Crippen LogP contribution is -2.36. The number of benzene rings is 1. The summed E-state index contributed by atoms with van der Waals surface area (Å²) in [5, 5.41) is 0. The summed E-state index contributed by atoms with van der Waals surface area (Å²) in [5.74, 6) is 0.306. The van der Waals surface area contributed by atoms with E-state index < -0.39 is 5.60 Å². The van der Waals surface area contributed by atoms with Crippen LogP contribution < -0.4 is 0 Å². The molecule has 0 N–H and O–H groups in total. The summed E-state index contributed by atoms with van der Waals surface area (Å²) in [5.41, 5.74) is 0.734. The van der Waals surface area contributed by atoms with Gasteiger partial charge in [-0.15, -0.1) is 0 Å². The van der Waals surface area contributed by atoms with Gasteiger partial charge in [0.2, 0.25) is 0 Å². The van der Waals surface area contributed by atoms with Crippen LogP contribution in [0.4, 0.5) is 4.79 Å². The number of carbonyl (C=O) groups excluding carboxylic acids is 1. The van der Waals surface area contributed by atoms with Crippen LogP contribution in [0.25, 0.3) is 0 Å². The molecule has 1 amide bonds. The van der Waals surface area contributed by atoms with Crippen LogP contribution in [-0.2, 0) is 4.74 Å². The van der Waals surface area contributed by atoms with Crippen molar-refractivity contribution in [3.8, 4) is 0 Å². The Bertz CT molecular complexity index is 725. The second kappa shape index (κ2) is 7.20. The number of ether oxygens (including phenoxy) is 1. The molecule has 0 radical (unpaired) electrons. The molecule has 0 aliphatic carbocycles. The molecule has 1 saturated heterocycles. The van der Waals surface area contributed by atoms with Gasteiger partial charge in [0.05, 0.1) is 12.4 Å². The lowest BCUT2D eigenvalue weighted by atomic mass is 9.92. The molecule has 2 heterocycles. The van der Waals surface area contributed by atoms with Crippen molar-refractivity contribution in [3.63, 3.8) is 0 Å². The number of imidazole rings is 1.